The van der Waals surface area contributed by atoms with Crippen LogP contribution in [0.15, 0.2) is 29.4 Å². The molecule has 0 atom stereocenters. The van der Waals surface area contributed by atoms with Gasteiger partial charge in [0, 0.05) is 19.2 Å². The molecule has 0 unspecified atom stereocenters. The lowest BCUT2D eigenvalue weighted by molar-refractivity contribution is -0.129. The average molecular weight is 377 g/mol. The molecule has 3 rings (SSSR count). The highest BCUT2D eigenvalue weighted by molar-refractivity contribution is 7.99. The van der Waals surface area contributed by atoms with Gasteiger partial charge in [0.25, 0.3) is 0 Å². The molecule has 1 aromatic heterocycles. The van der Waals surface area contributed by atoms with Crippen molar-refractivity contribution >= 4 is 17.7 Å². The Morgan fingerprint density at radius 3 is 2.77 bits per heavy atom. The first-order chi connectivity index (χ1) is 12.7. The fourth-order valence-corrected chi connectivity index (χ4v) is 3.48. The summed E-state index contributed by atoms with van der Waals surface area (Å²) in [6.07, 6.45) is 3.36. The van der Waals surface area contributed by atoms with E-state index < -0.39 is 0 Å². The lowest BCUT2D eigenvalue weighted by Gasteiger charge is -2.26. The summed E-state index contributed by atoms with van der Waals surface area (Å²) in [7, 11) is 1.60. The van der Waals surface area contributed by atoms with Gasteiger partial charge in [-0.2, -0.15) is 0 Å². The molecule has 2 heterocycles. The number of amides is 1. The minimum absolute atomic E-state index is 0.117. The maximum atomic E-state index is 12.2. The summed E-state index contributed by atoms with van der Waals surface area (Å²) >= 11 is 1.29. The number of rotatable bonds is 7. The van der Waals surface area contributed by atoms with Gasteiger partial charge < -0.3 is 20.2 Å². The second-order valence-corrected chi connectivity index (χ2v) is 6.91. The third-order valence-corrected chi connectivity index (χ3v) is 5.11. The van der Waals surface area contributed by atoms with Gasteiger partial charge in [0.15, 0.2) is 5.82 Å². The molecule has 1 aromatic carbocycles. The van der Waals surface area contributed by atoms with E-state index in [-0.39, 0.29) is 12.5 Å². The van der Waals surface area contributed by atoms with Crippen molar-refractivity contribution in [1.82, 2.24) is 19.8 Å². The molecule has 1 fully saturated rings. The maximum Gasteiger partial charge on any atom is 0.233 e. The van der Waals surface area contributed by atoms with E-state index in [2.05, 4.69) is 10.2 Å². The lowest BCUT2D eigenvalue weighted by atomic mass is 10.1. The van der Waals surface area contributed by atoms with Crippen LogP contribution in [0.5, 0.6) is 11.5 Å². The molecule has 1 aliphatic heterocycles. The number of aromatic nitrogens is 3. The summed E-state index contributed by atoms with van der Waals surface area (Å²) < 4.78 is 12.2. The summed E-state index contributed by atoms with van der Waals surface area (Å²) in [6.45, 7) is 1.86. The van der Waals surface area contributed by atoms with Crippen LogP contribution >= 0.6 is 11.8 Å². The van der Waals surface area contributed by atoms with Crippen LogP contribution in [0, 0.1) is 0 Å². The molecule has 26 heavy (non-hydrogen) atoms. The summed E-state index contributed by atoms with van der Waals surface area (Å²) in [5.41, 5.74) is 0. The molecule has 1 amide bonds. The number of ether oxygens (including phenoxy) is 2. The van der Waals surface area contributed by atoms with Gasteiger partial charge in [0.2, 0.25) is 11.1 Å². The Morgan fingerprint density at radius 2 is 2.00 bits per heavy atom. The molecule has 8 nitrogen and oxygen atoms in total. The number of methoxy groups -OCH3 is 1. The second kappa shape index (κ2) is 8.79. The van der Waals surface area contributed by atoms with Crippen molar-refractivity contribution in [3.8, 4) is 11.5 Å². The van der Waals surface area contributed by atoms with Crippen molar-refractivity contribution in [3.05, 3.63) is 30.1 Å². The van der Waals surface area contributed by atoms with E-state index >= 15 is 0 Å². The van der Waals surface area contributed by atoms with Gasteiger partial charge >= 0.3 is 0 Å². The molecule has 1 aliphatic rings. The number of piperidine rings is 1. The SMILES string of the molecule is COc1cccc(OCc2nnc(SCC(=O)N3CCCCC3)n2N)c1. The molecule has 9 heteroatoms. The number of nitrogen functional groups attached to an aromatic ring is 1. The van der Waals surface area contributed by atoms with Gasteiger partial charge in [-0.05, 0) is 31.4 Å². The average Bonchev–Trinajstić information content (AvgIpc) is 3.05. The number of benzene rings is 1. The molecular formula is C17H23N5O3S. The highest BCUT2D eigenvalue weighted by Gasteiger charge is 2.18. The fraction of sp³-hybridized carbons (Fsp3) is 0.471. The Morgan fingerprint density at radius 1 is 1.23 bits per heavy atom. The fourth-order valence-electron chi connectivity index (χ4n) is 2.70. The predicted molar refractivity (Wildman–Crippen MR) is 98.7 cm³/mol. The van der Waals surface area contributed by atoms with Gasteiger partial charge in [-0.3, -0.25) is 4.79 Å². The topological polar surface area (TPSA) is 95.5 Å². The van der Waals surface area contributed by atoms with Crippen molar-refractivity contribution in [2.75, 3.05) is 31.8 Å². The number of likely N-dealkylation sites (tertiary alicyclic amines) is 1. The van der Waals surface area contributed by atoms with Crippen molar-refractivity contribution in [2.24, 2.45) is 0 Å². The van der Waals surface area contributed by atoms with Crippen molar-refractivity contribution < 1.29 is 14.3 Å². The molecule has 2 N–H and O–H groups in total. The van der Waals surface area contributed by atoms with Gasteiger partial charge in [-0.1, -0.05) is 17.8 Å². The van der Waals surface area contributed by atoms with Crippen LogP contribution in [0.4, 0.5) is 0 Å². The number of thioether (sulfide) groups is 1. The number of nitrogens with two attached hydrogens (primary N) is 1. The second-order valence-electron chi connectivity index (χ2n) is 5.97. The summed E-state index contributed by atoms with van der Waals surface area (Å²) in [5, 5.41) is 8.60. The third kappa shape index (κ3) is 4.60. The van der Waals surface area contributed by atoms with Crippen LogP contribution in [-0.2, 0) is 11.4 Å². The van der Waals surface area contributed by atoms with E-state index in [1.807, 2.05) is 23.1 Å². The smallest absolute Gasteiger partial charge is 0.233 e. The molecule has 0 saturated carbocycles. The first-order valence-electron chi connectivity index (χ1n) is 8.54. The van der Waals surface area contributed by atoms with Crippen LogP contribution in [0.3, 0.4) is 0 Å². The van der Waals surface area contributed by atoms with Crippen LogP contribution < -0.4 is 15.3 Å². The van der Waals surface area contributed by atoms with Crippen LogP contribution in [0.2, 0.25) is 0 Å². The molecule has 1 saturated heterocycles. The number of carbonyl (C=O) groups is 1. The number of nitrogens with zero attached hydrogens (tertiary/aromatic N) is 4. The minimum Gasteiger partial charge on any atom is -0.497 e. The van der Waals surface area contributed by atoms with Crippen LogP contribution in [0.1, 0.15) is 25.1 Å². The lowest BCUT2D eigenvalue weighted by Crippen LogP contribution is -2.36. The number of carbonyl (C=O) groups excluding carboxylic acids is 1. The zero-order chi connectivity index (χ0) is 18.4. The minimum atomic E-state index is 0.117. The van der Waals surface area contributed by atoms with Crippen molar-refractivity contribution in [3.63, 3.8) is 0 Å². The van der Waals surface area contributed by atoms with Gasteiger partial charge in [0.1, 0.15) is 18.1 Å². The van der Waals surface area contributed by atoms with E-state index in [9.17, 15) is 4.79 Å². The Balaban J connectivity index is 1.53. The number of hydrogen-bond acceptors (Lipinski definition) is 7. The van der Waals surface area contributed by atoms with Crippen molar-refractivity contribution in [2.45, 2.75) is 31.0 Å². The Labute approximate surface area is 156 Å². The third-order valence-electron chi connectivity index (χ3n) is 4.18. The van der Waals surface area contributed by atoms with Gasteiger partial charge in [-0.15, -0.1) is 10.2 Å². The van der Waals surface area contributed by atoms with Crippen LogP contribution in [-0.4, -0.2) is 51.6 Å². The standard InChI is InChI=1S/C17H23N5O3S/c1-24-13-6-5-7-14(10-13)25-11-15-19-20-17(22(15)18)26-12-16(23)21-8-3-2-4-9-21/h5-7,10H,2-4,8-9,11-12,18H2,1H3. The molecule has 0 spiro atoms. The molecular weight excluding hydrogens is 354 g/mol. The van der Waals surface area contributed by atoms with Crippen LogP contribution in [0.25, 0.3) is 0 Å². The van der Waals surface area contributed by atoms with E-state index in [4.69, 9.17) is 15.3 Å². The van der Waals surface area contributed by atoms with E-state index in [0.717, 1.165) is 25.9 Å². The van der Waals surface area contributed by atoms with E-state index in [1.54, 1.807) is 13.2 Å². The predicted octanol–water partition coefficient (Wildman–Crippen LogP) is 1.68. The monoisotopic (exact) mass is 377 g/mol. The molecule has 0 radical (unpaired) electrons. The summed E-state index contributed by atoms with van der Waals surface area (Å²) in [6, 6.07) is 7.29. The van der Waals surface area contributed by atoms with Gasteiger partial charge in [-0.25, -0.2) is 4.68 Å². The Hall–Kier alpha value is -2.42. The van der Waals surface area contributed by atoms with Gasteiger partial charge in [0.05, 0.1) is 12.9 Å². The molecule has 0 bridgehead atoms. The molecule has 140 valence electrons. The molecule has 2 aromatic rings. The normalized spacial score (nSPS) is 14.3. The van der Waals surface area contributed by atoms with E-state index in [1.165, 1.54) is 22.9 Å². The Kier molecular flexibility index (Phi) is 6.21. The zero-order valence-electron chi connectivity index (χ0n) is 14.8. The first kappa shape index (κ1) is 18.4. The summed E-state index contributed by atoms with van der Waals surface area (Å²) in [5.74, 6) is 8.31. The largest absolute Gasteiger partial charge is 0.497 e. The zero-order valence-corrected chi connectivity index (χ0v) is 15.6. The highest BCUT2D eigenvalue weighted by atomic mass is 32.2. The quantitative estimate of drug-likeness (QED) is 0.579. The summed E-state index contributed by atoms with van der Waals surface area (Å²) in [4.78, 5) is 14.1. The first-order valence-corrected chi connectivity index (χ1v) is 9.52. The van der Waals surface area contributed by atoms with E-state index in [0.29, 0.717) is 28.2 Å². The number of hydrogen-bond donors (Lipinski definition) is 1. The molecule has 0 aliphatic carbocycles. The van der Waals surface area contributed by atoms with Crippen molar-refractivity contribution in [1.29, 1.82) is 0 Å². The maximum absolute atomic E-state index is 12.2. The highest BCUT2D eigenvalue weighted by Crippen LogP contribution is 2.21. The Bertz CT molecular complexity index is 746.